The Morgan fingerprint density at radius 1 is 0.362 bits per heavy atom. The second-order valence-corrected chi connectivity index (χ2v) is 16.3. The zero-order chi connectivity index (χ0) is 38.2. The van der Waals surface area contributed by atoms with Gasteiger partial charge in [0.05, 0.1) is 16.6 Å². The van der Waals surface area contributed by atoms with Crippen LogP contribution in [0.25, 0.3) is 86.7 Å². The molecule has 58 heavy (non-hydrogen) atoms. The van der Waals surface area contributed by atoms with Crippen molar-refractivity contribution < 1.29 is 0 Å². The highest BCUT2D eigenvalue weighted by Crippen LogP contribution is 2.56. The zero-order valence-corrected chi connectivity index (χ0v) is 32.2. The molecular formula is C55H34N2S. The molecule has 0 saturated heterocycles. The van der Waals surface area contributed by atoms with Crippen LogP contribution in [0.2, 0.25) is 0 Å². The van der Waals surface area contributed by atoms with E-state index in [-0.39, 0.29) is 0 Å². The molecular weight excluding hydrogens is 721 g/mol. The first-order valence-corrected chi connectivity index (χ1v) is 20.6. The van der Waals surface area contributed by atoms with Crippen LogP contribution in [0.1, 0.15) is 22.3 Å². The predicted octanol–water partition coefficient (Wildman–Crippen LogP) is 14.5. The van der Waals surface area contributed by atoms with Gasteiger partial charge in [-0.05, 0) is 79.5 Å². The second kappa shape index (κ2) is 12.9. The van der Waals surface area contributed by atoms with Crippen LogP contribution in [0.4, 0.5) is 0 Å². The standard InChI is InChI=1S/C55H34N2S/c1-2-14-41-35(12-1)13-11-19-42(41)36-24-26-37(27-25-36)53-46-18-5-9-22-50(46)56-54(57-53)38-28-30-39(31-29-38)55(48-20-7-3-15-43(48)44-16-4-8-21-49(44)55)40-32-33-52-47(34-40)45-17-6-10-23-51(45)58-52/h1-34H. The number of aromatic nitrogens is 2. The molecule has 0 N–H and O–H groups in total. The summed E-state index contributed by atoms with van der Waals surface area (Å²) >= 11 is 1.86. The van der Waals surface area contributed by atoms with Gasteiger partial charge in [-0.25, -0.2) is 9.97 Å². The van der Waals surface area contributed by atoms with Gasteiger partial charge in [0, 0.05) is 36.7 Å². The number of hydrogen-bond donors (Lipinski definition) is 0. The molecule has 270 valence electrons. The minimum atomic E-state index is -0.510. The maximum absolute atomic E-state index is 5.32. The summed E-state index contributed by atoms with van der Waals surface area (Å²) in [7, 11) is 0. The van der Waals surface area contributed by atoms with Crippen LogP contribution >= 0.6 is 11.3 Å². The molecule has 1 aliphatic carbocycles. The van der Waals surface area contributed by atoms with E-state index < -0.39 is 5.41 Å². The van der Waals surface area contributed by atoms with Crippen LogP contribution in [0.15, 0.2) is 206 Å². The molecule has 0 unspecified atom stereocenters. The maximum Gasteiger partial charge on any atom is 0.160 e. The number of fused-ring (bicyclic) bond motifs is 8. The molecule has 0 spiro atoms. The van der Waals surface area contributed by atoms with Gasteiger partial charge >= 0.3 is 0 Å². The van der Waals surface area contributed by atoms with Crippen molar-refractivity contribution in [1.29, 1.82) is 0 Å². The minimum absolute atomic E-state index is 0.510. The molecule has 0 radical (unpaired) electrons. The smallest absolute Gasteiger partial charge is 0.160 e. The Hall–Kier alpha value is -7.20. The van der Waals surface area contributed by atoms with Gasteiger partial charge in [-0.15, -0.1) is 11.3 Å². The van der Waals surface area contributed by atoms with Gasteiger partial charge in [-0.2, -0.15) is 0 Å². The predicted molar refractivity (Wildman–Crippen MR) is 244 cm³/mol. The lowest BCUT2D eigenvalue weighted by molar-refractivity contribution is 0.770. The Balaban J connectivity index is 1.00. The Morgan fingerprint density at radius 2 is 0.931 bits per heavy atom. The maximum atomic E-state index is 5.32. The van der Waals surface area contributed by atoms with Crippen molar-refractivity contribution in [1.82, 2.24) is 9.97 Å². The van der Waals surface area contributed by atoms with E-state index in [0.29, 0.717) is 5.82 Å². The molecule has 2 aromatic heterocycles. The van der Waals surface area contributed by atoms with Crippen LogP contribution in [-0.2, 0) is 5.41 Å². The molecule has 0 fully saturated rings. The summed E-state index contributed by atoms with van der Waals surface area (Å²) in [6.45, 7) is 0. The van der Waals surface area contributed by atoms with E-state index in [0.717, 1.165) is 27.7 Å². The first-order chi connectivity index (χ1) is 28.7. The first-order valence-electron chi connectivity index (χ1n) is 19.8. The van der Waals surface area contributed by atoms with Gasteiger partial charge in [0.1, 0.15) is 0 Å². The van der Waals surface area contributed by atoms with Crippen molar-refractivity contribution in [3.63, 3.8) is 0 Å². The Kier molecular flexibility index (Phi) is 7.35. The Labute approximate surface area is 340 Å². The van der Waals surface area contributed by atoms with Crippen molar-refractivity contribution in [2.45, 2.75) is 5.41 Å². The highest BCUT2D eigenvalue weighted by atomic mass is 32.1. The molecule has 0 amide bonds. The number of nitrogens with zero attached hydrogens (tertiary/aromatic N) is 2. The summed E-state index contributed by atoms with van der Waals surface area (Å²) in [5, 5.41) is 6.14. The van der Waals surface area contributed by atoms with Gasteiger partial charge in [0.25, 0.3) is 0 Å². The normalized spacial score (nSPS) is 13.0. The fraction of sp³-hybridized carbons (Fsp3) is 0.0182. The van der Waals surface area contributed by atoms with Crippen molar-refractivity contribution in [2.75, 3.05) is 0 Å². The summed E-state index contributed by atoms with van der Waals surface area (Å²) in [5.41, 5.74) is 13.5. The van der Waals surface area contributed by atoms with E-state index in [1.807, 2.05) is 11.3 Å². The molecule has 12 rings (SSSR count). The fourth-order valence-corrected chi connectivity index (χ4v) is 10.6. The second-order valence-electron chi connectivity index (χ2n) is 15.2. The number of hydrogen-bond acceptors (Lipinski definition) is 3. The Morgan fingerprint density at radius 3 is 1.72 bits per heavy atom. The third-order valence-electron chi connectivity index (χ3n) is 12.2. The van der Waals surface area contributed by atoms with Crippen LogP contribution in [-0.4, -0.2) is 9.97 Å². The number of para-hydroxylation sites is 1. The fourth-order valence-electron chi connectivity index (χ4n) is 9.56. The van der Waals surface area contributed by atoms with Gasteiger partial charge in [-0.3, -0.25) is 0 Å². The molecule has 1 aliphatic rings. The first kappa shape index (κ1) is 33.0. The van der Waals surface area contributed by atoms with Crippen LogP contribution in [0, 0.1) is 0 Å². The third-order valence-corrected chi connectivity index (χ3v) is 13.4. The molecule has 0 saturated carbocycles. The van der Waals surface area contributed by atoms with Crippen molar-refractivity contribution in [3.8, 4) is 44.9 Å². The summed E-state index contributed by atoms with van der Waals surface area (Å²) in [5.74, 6) is 0.714. The summed E-state index contributed by atoms with van der Waals surface area (Å²) in [4.78, 5) is 10.5. The van der Waals surface area contributed by atoms with E-state index in [1.54, 1.807) is 0 Å². The largest absolute Gasteiger partial charge is 0.228 e. The molecule has 3 heteroatoms. The molecule has 2 heterocycles. The molecule has 0 aliphatic heterocycles. The molecule has 9 aromatic carbocycles. The summed E-state index contributed by atoms with van der Waals surface area (Å²) < 4.78 is 2.62. The SMILES string of the molecule is c1ccc2c(c1)-c1ccccc1C2(c1ccc(-c2nc(-c3ccc(-c4cccc5ccccc45)cc3)c3ccccc3n2)cc1)c1ccc2sc3ccccc3c2c1. The number of rotatable bonds is 5. The van der Waals surface area contributed by atoms with E-state index in [4.69, 9.17) is 9.97 Å². The van der Waals surface area contributed by atoms with Crippen molar-refractivity contribution in [2.24, 2.45) is 0 Å². The van der Waals surface area contributed by atoms with Crippen molar-refractivity contribution in [3.05, 3.63) is 229 Å². The molecule has 11 aromatic rings. The summed E-state index contributed by atoms with van der Waals surface area (Å²) in [6.07, 6.45) is 0. The molecule has 0 atom stereocenters. The lowest BCUT2D eigenvalue weighted by Gasteiger charge is -2.34. The lowest BCUT2D eigenvalue weighted by Crippen LogP contribution is -2.28. The van der Waals surface area contributed by atoms with Crippen LogP contribution in [0.5, 0.6) is 0 Å². The van der Waals surface area contributed by atoms with Gasteiger partial charge < -0.3 is 0 Å². The average molecular weight is 755 g/mol. The monoisotopic (exact) mass is 754 g/mol. The highest BCUT2D eigenvalue weighted by molar-refractivity contribution is 7.25. The van der Waals surface area contributed by atoms with Crippen LogP contribution < -0.4 is 0 Å². The van der Waals surface area contributed by atoms with Gasteiger partial charge in [0.2, 0.25) is 0 Å². The summed E-state index contributed by atoms with van der Waals surface area (Å²) in [6, 6.07) is 75.1. The average Bonchev–Trinajstić information content (AvgIpc) is 3.82. The van der Waals surface area contributed by atoms with Crippen molar-refractivity contribution >= 4 is 53.2 Å². The van der Waals surface area contributed by atoms with E-state index >= 15 is 0 Å². The van der Waals surface area contributed by atoms with Gasteiger partial charge in [0.15, 0.2) is 5.82 Å². The quantitative estimate of drug-likeness (QED) is 0.175. The van der Waals surface area contributed by atoms with E-state index in [2.05, 4.69) is 206 Å². The molecule has 2 nitrogen and oxygen atoms in total. The minimum Gasteiger partial charge on any atom is -0.228 e. The number of benzene rings is 9. The van der Waals surface area contributed by atoms with Gasteiger partial charge in [-0.1, -0.05) is 182 Å². The highest BCUT2D eigenvalue weighted by Gasteiger charge is 2.46. The zero-order valence-electron chi connectivity index (χ0n) is 31.4. The van der Waals surface area contributed by atoms with E-state index in [1.165, 1.54) is 75.5 Å². The van der Waals surface area contributed by atoms with E-state index in [9.17, 15) is 0 Å². The van der Waals surface area contributed by atoms with Crippen LogP contribution in [0.3, 0.4) is 0 Å². The number of thiophene rings is 1. The topological polar surface area (TPSA) is 25.8 Å². The molecule has 0 bridgehead atoms. The lowest BCUT2D eigenvalue weighted by atomic mass is 9.67. The third kappa shape index (κ3) is 4.90. The Bertz CT molecular complexity index is 3340.